The Morgan fingerprint density at radius 2 is 2.06 bits per heavy atom. The molecule has 0 unspecified atom stereocenters. The molecule has 7 heteroatoms. The van der Waals surface area contributed by atoms with Gasteiger partial charge in [-0.25, -0.2) is 13.1 Å². The van der Waals surface area contributed by atoms with E-state index < -0.39 is 15.9 Å². The molecule has 1 aromatic rings. The predicted molar refractivity (Wildman–Crippen MR) is 68.3 cm³/mol. The number of rotatable bonds is 5. The molecule has 0 bridgehead atoms. The average molecular weight is 271 g/mol. The summed E-state index contributed by atoms with van der Waals surface area (Å²) in [5.41, 5.74) is 6.93. The molecule has 0 aromatic heterocycles. The van der Waals surface area contributed by atoms with E-state index in [1.165, 1.54) is 13.1 Å². The van der Waals surface area contributed by atoms with Gasteiger partial charge in [-0.2, -0.15) is 0 Å². The van der Waals surface area contributed by atoms with Gasteiger partial charge in [-0.05, 0) is 24.1 Å². The van der Waals surface area contributed by atoms with Gasteiger partial charge >= 0.3 is 0 Å². The Bertz CT molecular complexity index is 540. The molecule has 0 saturated heterocycles. The lowest BCUT2D eigenvalue weighted by Gasteiger charge is -2.09. The first-order chi connectivity index (χ1) is 8.40. The topological polar surface area (TPSA) is 101 Å². The number of carbonyl (C=O) groups excluding carboxylic acids is 1. The molecule has 1 rings (SSSR count). The summed E-state index contributed by atoms with van der Waals surface area (Å²) >= 11 is 0. The van der Waals surface area contributed by atoms with Crippen molar-refractivity contribution < 1.29 is 13.2 Å². The van der Waals surface area contributed by atoms with Gasteiger partial charge in [-0.15, -0.1) is 0 Å². The van der Waals surface area contributed by atoms with Gasteiger partial charge in [0.1, 0.15) is 0 Å². The summed E-state index contributed by atoms with van der Waals surface area (Å²) in [5, 5.41) is 2.34. The van der Waals surface area contributed by atoms with Crippen molar-refractivity contribution in [1.82, 2.24) is 10.0 Å². The molecular formula is C11H17N3O3S. The van der Waals surface area contributed by atoms with Crippen molar-refractivity contribution in [2.24, 2.45) is 5.73 Å². The number of amides is 1. The highest BCUT2D eigenvalue weighted by Gasteiger charge is 2.17. The van der Waals surface area contributed by atoms with Crippen LogP contribution in [0, 0.1) is 6.92 Å². The summed E-state index contributed by atoms with van der Waals surface area (Å²) in [6.45, 7) is 1.76. The first-order valence-electron chi connectivity index (χ1n) is 5.40. The van der Waals surface area contributed by atoms with Crippen molar-refractivity contribution in [3.8, 4) is 0 Å². The van der Waals surface area contributed by atoms with Crippen LogP contribution in [-0.2, 0) is 21.4 Å². The summed E-state index contributed by atoms with van der Waals surface area (Å²) in [7, 11) is -2.23. The summed E-state index contributed by atoms with van der Waals surface area (Å²) < 4.78 is 26.1. The number of nitrogens with two attached hydrogens (primary N) is 1. The molecule has 0 saturated carbocycles. The van der Waals surface area contributed by atoms with Crippen LogP contribution in [0.5, 0.6) is 0 Å². The Balaban J connectivity index is 2.95. The maximum atomic E-state index is 12.0. The van der Waals surface area contributed by atoms with Crippen molar-refractivity contribution in [2.45, 2.75) is 18.4 Å². The van der Waals surface area contributed by atoms with Crippen molar-refractivity contribution in [1.29, 1.82) is 0 Å². The van der Waals surface area contributed by atoms with Gasteiger partial charge in [0.05, 0.1) is 11.4 Å². The lowest BCUT2D eigenvalue weighted by atomic mass is 10.1. The molecular weight excluding hydrogens is 254 g/mol. The largest absolute Gasteiger partial charge is 0.358 e. The monoisotopic (exact) mass is 271 g/mol. The number of sulfonamides is 1. The minimum Gasteiger partial charge on any atom is -0.358 e. The Morgan fingerprint density at radius 3 is 2.56 bits per heavy atom. The first-order valence-corrected chi connectivity index (χ1v) is 6.89. The Morgan fingerprint density at radius 1 is 1.39 bits per heavy atom. The van der Waals surface area contributed by atoms with E-state index in [-0.39, 0.29) is 11.4 Å². The molecule has 100 valence electrons. The number of nitrogens with one attached hydrogen (secondary N) is 2. The minimum atomic E-state index is -3.67. The normalized spacial score (nSPS) is 11.3. The third kappa shape index (κ3) is 3.52. The van der Waals surface area contributed by atoms with Crippen LogP contribution in [0.3, 0.4) is 0 Å². The first kappa shape index (κ1) is 14.6. The lowest BCUT2D eigenvalue weighted by molar-refractivity contribution is -0.119. The highest BCUT2D eigenvalue weighted by atomic mass is 32.2. The van der Waals surface area contributed by atoms with Crippen molar-refractivity contribution in [3.63, 3.8) is 0 Å². The molecule has 1 aromatic carbocycles. The third-order valence-corrected chi connectivity index (χ3v) is 4.03. The maximum absolute atomic E-state index is 12.0. The van der Waals surface area contributed by atoms with Crippen LogP contribution in [0.2, 0.25) is 0 Å². The average Bonchev–Trinajstić information content (AvgIpc) is 2.35. The van der Waals surface area contributed by atoms with Crippen LogP contribution in [0.4, 0.5) is 0 Å². The summed E-state index contributed by atoms with van der Waals surface area (Å²) in [5.74, 6) is -0.394. The maximum Gasteiger partial charge on any atom is 0.241 e. The van der Waals surface area contributed by atoms with E-state index in [9.17, 15) is 13.2 Å². The Hall–Kier alpha value is -1.44. The second-order valence-corrected chi connectivity index (χ2v) is 5.54. The fourth-order valence-corrected chi connectivity index (χ4v) is 2.67. The zero-order valence-corrected chi connectivity index (χ0v) is 11.2. The number of aryl methyl sites for hydroxylation is 1. The third-order valence-electron chi connectivity index (χ3n) is 2.47. The minimum absolute atomic E-state index is 0.156. The summed E-state index contributed by atoms with van der Waals surface area (Å²) in [6.07, 6.45) is 0. The van der Waals surface area contributed by atoms with Crippen LogP contribution >= 0.6 is 0 Å². The quantitative estimate of drug-likeness (QED) is 0.670. The summed E-state index contributed by atoms with van der Waals surface area (Å²) in [4.78, 5) is 11.2. The zero-order valence-electron chi connectivity index (χ0n) is 10.4. The molecule has 18 heavy (non-hydrogen) atoms. The van der Waals surface area contributed by atoms with Crippen LogP contribution < -0.4 is 15.8 Å². The number of hydrogen-bond acceptors (Lipinski definition) is 4. The van der Waals surface area contributed by atoms with E-state index in [0.29, 0.717) is 12.1 Å². The second kappa shape index (κ2) is 5.94. The molecule has 6 nitrogen and oxygen atoms in total. The fraction of sp³-hybridized carbons (Fsp3) is 0.364. The number of hydrogen-bond donors (Lipinski definition) is 3. The van der Waals surface area contributed by atoms with Crippen LogP contribution in [0.25, 0.3) is 0 Å². The molecule has 0 aliphatic rings. The van der Waals surface area contributed by atoms with Gasteiger partial charge in [0.25, 0.3) is 0 Å². The van der Waals surface area contributed by atoms with Crippen molar-refractivity contribution in [3.05, 3.63) is 29.3 Å². The Labute approximate surface area is 107 Å². The van der Waals surface area contributed by atoms with Gasteiger partial charge < -0.3 is 11.1 Å². The Kier molecular flexibility index (Phi) is 4.83. The zero-order chi connectivity index (χ0) is 13.8. The van der Waals surface area contributed by atoms with E-state index in [1.54, 1.807) is 19.1 Å². The highest BCUT2D eigenvalue weighted by Crippen LogP contribution is 2.16. The van der Waals surface area contributed by atoms with Gasteiger partial charge in [0.15, 0.2) is 0 Å². The highest BCUT2D eigenvalue weighted by molar-refractivity contribution is 7.89. The molecule has 4 N–H and O–H groups in total. The van der Waals surface area contributed by atoms with Crippen molar-refractivity contribution >= 4 is 15.9 Å². The lowest BCUT2D eigenvalue weighted by Crippen LogP contribution is -2.35. The molecule has 0 aliphatic carbocycles. The summed E-state index contributed by atoms with van der Waals surface area (Å²) in [6, 6.07) is 4.86. The van der Waals surface area contributed by atoms with E-state index in [0.717, 1.165) is 5.56 Å². The molecule has 0 aliphatic heterocycles. The van der Waals surface area contributed by atoms with E-state index in [2.05, 4.69) is 10.0 Å². The van der Waals surface area contributed by atoms with Crippen LogP contribution in [0.1, 0.15) is 11.1 Å². The molecule has 0 heterocycles. The van der Waals surface area contributed by atoms with Crippen LogP contribution in [0.15, 0.2) is 23.1 Å². The van der Waals surface area contributed by atoms with E-state index >= 15 is 0 Å². The van der Waals surface area contributed by atoms with Gasteiger partial charge in [-0.3, -0.25) is 4.79 Å². The van der Waals surface area contributed by atoms with Crippen LogP contribution in [-0.4, -0.2) is 27.9 Å². The smallest absolute Gasteiger partial charge is 0.241 e. The van der Waals surface area contributed by atoms with Gasteiger partial charge in [-0.1, -0.05) is 12.1 Å². The van der Waals surface area contributed by atoms with Gasteiger partial charge in [0, 0.05) is 13.6 Å². The molecule has 0 radical (unpaired) electrons. The number of benzene rings is 1. The molecule has 1 amide bonds. The van der Waals surface area contributed by atoms with E-state index in [4.69, 9.17) is 5.73 Å². The molecule has 0 atom stereocenters. The molecule has 0 spiro atoms. The standard InChI is InChI=1S/C11H17N3O3S/c1-8-5-9(6-12)3-4-10(8)18(16,17)14-7-11(15)13-2/h3-5,14H,6-7,12H2,1-2H3,(H,13,15). The fourth-order valence-electron chi connectivity index (χ4n) is 1.47. The predicted octanol–water partition coefficient (Wildman–Crippen LogP) is -0.522. The number of likely N-dealkylation sites (N-methyl/N-ethyl adjacent to an activating group) is 1. The van der Waals surface area contributed by atoms with Crippen molar-refractivity contribution in [2.75, 3.05) is 13.6 Å². The van der Waals surface area contributed by atoms with Gasteiger partial charge in [0.2, 0.25) is 15.9 Å². The number of carbonyl (C=O) groups is 1. The SMILES string of the molecule is CNC(=O)CNS(=O)(=O)c1ccc(CN)cc1C. The van der Waals surface area contributed by atoms with E-state index in [1.807, 2.05) is 0 Å². The molecule has 0 fully saturated rings. The second-order valence-electron chi connectivity index (χ2n) is 3.80.